The summed E-state index contributed by atoms with van der Waals surface area (Å²) in [4.78, 5) is 0. The van der Waals surface area contributed by atoms with Crippen molar-refractivity contribution in [3.05, 3.63) is 65.7 Å². The minimum Gasteiger partial charge on any atom is -0.282 e. The molecule has 0 heterocycles. The van der Waals surface area contributed by atoms with Gasteiger partial charge in [-0.2, -0.15) is 0 Å². The van der Waals surface area contributed by atoms with E-state index in [4.69, 9.17) is 0 Å². The molecule has 0 N–H and O–H groups in total. The second-order valence-corrected chi connectivity index (χ2v) is 5.92. The fourth-order valence-corrected chi connectivity index (χ4v) is 2.30. The molecule has 1 nitrogen and oxygen atoms in total. The maximum absolute atomic E-state index is 12.3. The smallest absolute Gasteiger partial charge is 0.282 e. The molecule has 0 fully saturated rings. The highest BCUT2D eigenvalue weighted by molar-refractivity contribution is 5.68. The zero-order valence-corrected chi connectivity index (χ0v) is 13.3. The number of halogens is 3. The number of benzene rings is 2. The summed E-state index contributed by atoms with van der Waals surface area (Å²) in [6.07, 6.45) is -1.61. The van der Waals surface area contributed by atoms with Gasteiger partial charge in [0.2, 0.25) is 0 Å². The molecule has 0 unspecified atom stereocenters. The van der Waals surface area contributed by atoms with E-state index < -0.39 is 12.0 Å². The highest BCUT2D eigenvalue weighted by Crippen LogP contribution is 2.27. The van der Waals surface area contributed by atoms with Crippen molar-refractivity contribution >= 4 is 6.08 Å². The normalized spacial score (nSPS) is 12.8. The number of hydrogen-bond acceptors (Lipinski definition) is 1. The van der Waals surface area contributed by atoms with E-state index in [-0.39, 0.29) is 0 Å². The molecule has 0 atom stereocenters. The number of alkyl halides is 3. The van der Waals surface area contributed by atoms with Crippen LogP contribution in [0.1, 0.15) is 25.0 Å². The van der Waals surface area contributed by atoms with Crippen molar-refractivity contribution in [2.75, 3.05) is 0 Å². The van der Waals surface area contributed by atoms with Gasteiger partial charge in [0.05, 0.1) is 5.60 Å². The van der Waals surface area contributed by atoms with Crippen molar-refractivity contribution in [2.24, 2.45) is 0 Å². The number of ether oxygens (including phenoxy) is 1. The summed E-state index contributed by atoms with van der Waals surface area (Å²) in [5, 5.41) is 0. The predicted octanol–water partition coefficient (Wildman–Crippen LogP) is 5.99. The van der Waals surface area contributed by atoms with E-state index in [9.17, 15) is 13.2 Å². The molecule has 0 spiro atoms. The summed E-state index contributed by atoms with van der Waals surface area (Å²) in [7, 11) is 0. The molecule has 0 aliphatic rings. The molecule has 2 aromatic carbocycles. The topological polar surface area (TPSA) is 9.23 Å². The first-order valence-electron chi connectivity index (χ1n) is 7.28. The Morgan fingerprint density at radius 3 is 2.09 bits per heavy atom. The van der Waals surface area contributed by atoms with Gasteiger partial charge in [0.1, 0.15) is 0 Å². The van der Waals surface area contributed by atoms with Gasteiger partial charge in [-0.05, 0) is 43.0 Å². The highest BCUT2D eigenvalue weighted by Gasteiger charge is 2.36. The Balaban J connectivity index is 2.14. The lowest BCUT2D eigenvalue weighted by Gasteiger charge is -2.22. The van der Waals surface area contributed by atoms with Crippen LogP contribution in [0, 0.1) is 6.92 Å². The van der Waals surface area contributed by atoms with Crippen molar-refractivity contribution in [1.29, 1.82) is 0 Å². The third-order valence-electron chi connectivity index (χ3n) is 3.42. The lowest BCUT2D eigenvalue weighted by atomic mass is 9.99. The van der Waals surface area contributed by atoms with E-state index in [2.05, 4.69) is 4.74 Å². The third-order valence-corrected chi connectivity index (χ3v) is 3.42. The van der Waals surface area contributed by atoms with E-state index >= 15 is 0 Å². The predicted molar refractivity (Wildman–Crippen MR) is 86.9 cm³/mol. The van der Waals surface area contributed by atoms with Crippen molar-refractivity contribution in [1.82, 2.24) is 0 Å². The summed E-state index contributed by atoms with van der Waals surface area (Å²) < 4.78 is 41.0. The van der Waals surface area contributed by atoms with Gasteiger partial charge in [-0.25, -0.2) is 0 Å². The van der Waals surface area contributed by atoms with Gasteiger partial charge in [0, 0.05) is 0 Å². The van der Waals surface area contributed by atoms with Crippen LogP contribution in [-0.4, -0.2) is 12.0 Å². The first-order chi connectivity index (χ1) is 10.7. The summed E-state index contributed by atoms with van der Waals surface area (Å²) in [5.74, 6) is 0. The van der Waals surface area contributed by atoms with E-state index in [1.165, 1.54) is 25.5 Å². The monoisotopic (exact) mass is 320 g/mol. The minimum atomic E-state index is -4.65. The maximum atomic E-state index is 12.3. The molecule has 0 saturated carbocycles. The SMILES string of the molecule is Cc1ccccc1-c1ccc(/C=C\C(C)(C)OC(F)(F)F)cc1. The van der Waals surface area contributed by atoms with Crippen molar-refractivity contribution in [2.45, 2.75) is 32.7 Å². The maximum Gasteiger partial charge on any atom is 0.523 e. The quantitative estimate of drug-likeness (QED) is 0.672. The number of hydrogen-bond donors (Lipinski definition) is 0. The first kappa shape index (κ1) is 17.3. The Kier molecular flexibility index (Phi) is 4.95. The standard InChI is InChI=1S/C19H19F3O/c1-14-6-4-5-7-17(14)16-10-8-15(9-11-16)12-13-18(2,3)23-19(20,21)22/h4-13H,1-3H3/b13-12-. The average molecular weight is 320 g/mol. The van der Waals surface area contributed by atoms with Crippen molar-refractivity contribution in [3.8, 4) is 11.1 Å². The van der Waals surface area contributed by atoms with Crippen LogP contribution < -0.4 is 0 Å². The molecule has 0 amide bonds. The fourth-order valence-electron chi connectivity index (χ4n) is 2.30. The largest absolute Gasteiger partial charge is 0.523 e. The Morgan fingerprint density at radius 1 is 0.913 bits per heavy atom. The van der Waals surface area contributed by atoms with E-state index in [1.807, 2.05) is 55.5 Å². The van der Waals surface area contributed by atoms with Gasteiger partial charge in [-0.15, -0.1) is 13.2 Å². The third kappa shape index (κ3) is 5.25. The molecule has 2 rings (SSSR count). The lowest BCUT2D eigenvalue weighted by Crippen LogP contribution is -2.30. The average Bonchev–Trinajstić information content (AvgIpc) is 2.44. The number of aryl methyl sites for hydroxylation is 1. The Bertz CT molecular complexity index is 683. The highest BCUT2D eigenvalue weighted by atomic mass is 19.4. The van der Waals surface area contributed by atoms with Gasteiger partial charge in [-0.1, -0.05) is 60.7 Å². The molecule has 23 heavy (non-hydrogen) atoms. The molecule has 2 aromatic rings. The van der Waals surface area contributed by atoms with E-state index in [0.717, 1.165) is 16.7 Å². The molecule has 4 heteroatoms. The van der Waals surface area contributed by atoms with Crippen LogP contribution in [0.3, 0.4) is 0 Å². The number of rotatable bonds is 4. The van der Waals surface area contributed by atoms with Crippen LogP contribution in [0.5, 0.6) is 0 Å². The molecule has 0 radical (unpaired) electrons. The molecular weight excluding hydrogens is 301 g/mol. The molecule has 122 valence electrons. The Hall–Kier alpha value is -2.07. The van der Waals surface area contributed by atoms with Crippen LogP contribution in [0.4, 0.5) is 13.2 Å². The van der Waals surface area contributed by atoms with E-state index in [1.54, 1.807) is 6.08 Å². The van der Waals surface area contributed by atoms with Gasteiger partial charge < -0.3 is 0 Å². The van der Waals surface area contributed by atoms with Crippen molar-refractivity contribution < 1.29 is 17.9 Å². The lowest BCUT2D eigenvalue weighted by molar-refractivity contribution is -0.352. The van der Waals surface area contributed by atoms with Crippen LogP contribution in [0.25, 0.3) is 17.2 Å². The summed E-state index contributed by atoms with van der Waals surface area (Å²) in [5.41, 5.74) is 2.80. The molecular formula is C19H19F3O. The summed E-state index contributed by atoms with van der Waals surface area (Å²) in [6, 6.07) is 15.7. The van der Waals surface area contributed by atoms with Crippen LogP contribution in [0.15, 0.2) is 54.6 Å². The van der Waals surface area contributed by atoms with E-state index in [0.29, 0.717) is 0 Å². The Labute approximate surface area is 134 Å². The molecule has 0 aliphatic carbocycles. The summed E-state index contributed by atoms with van der Waals surface area (Å²) in [6.45, 7) is 4.79. The van der Waals surface area contributed by atoms with Crippen molar-refractivity contribution in [3.63, 3.8) is 0 Å². The molecule has 0 bridgehead atoms. The first-order valence-corrected chi connectivity index (χ1v) is 7.28. The minimum absolute atomic E-state index is 0.821. The molecule has 0 saturated heterocycles. The second-order valence-electron chi connectivity index (χ2n) is 5.92. The zero-order valence-electron chi connectivity index (χ0n) is 13.3. The molecule has 0 aromatic heterocycles. The van der Waals surface area contributed by atoms with Gasteiger partial charge in [0.25, 0.3) is 0 Å². The zero-order chi connectivity index (χ0) is 17.1. The Morgan fingerprint density at radius 2 is 1.52 bits per heavy atom. The summed E-state index contributed by atoms with van der Waals surface area (Å²) >= 11 is 0. The van der Waals surface area contributed by atoms with Crippen LogP contribution >= 0.6 is 0 Å². The fraction of sp³-hybridized carbons (Fsp3) is 0.263. The van der Waals surface area contributed by atoms with Gasteiger partial charge in [-0.3, -0.25) is 4.74 Å². The van der Waals surface area contributed by atoms with Gasteiger partial charge >= 0.3 is 6.36 Å². The second kappa shape index (κ2) is 6.59. The van der Waals surface area contributed by atoms with Crippen LogP contribution in [-0.2, 0) is 4.74 Å². The van der Waals surface area contributed by atoms with Gasteiger partial charge in [0.15, 0.2) is 0 Å². The molecule has 0 aliphatic heterocycles. The van der Waals surface area contributed by atoms with Crippen LogP contribution in [0.2, 0.25) is 0 Å².